The number of piperazine rings is 1. The van der Waals surface area contributed by atoms with Gasteiger partial charge < -0.3 is 19.4 Å². The van der Waals surface area contributed by atoms with Gasteiger partial charge >= 0.3 is 0 Å². The Labute approximate surface area is 212 Å². The standard InChI is InChI=1S/C29H35N3O2S/c33-29(32-16-14-31(15-17-32)27-6-2-7-28-26(27)12-19-35-28)22-8-10-25(11-9-22)34-18-3-13-30-20-23-4-1-5-24(23)21-30/h2,6-12,19,23-24H,1,3-5,13-18,20-21H2. The number of benzene rings is 2. The first-order valence-corrected chi connectivity index (χ1v) is 14.1. The third kappa shape index (κ3) is 4.91. The van der Waals surface area contributed by atoms with Gasteiger partial charge in [-0.05, 0) is 78.9 Å². The number of fused-ring (bicyclic) bond motifs is 2. The van der Waals surface area contributed by atoms with Crippen molar-refractivity contribution in [1.29, 1.82) is 0 Å². The van der Waals surface area contributed by atoms with Crippen LogP contribution in [0.1, 0.15) is 36.0 Å². The minimum atomic E-state index is 0.115. The Morgan fingerprint density at radius 2 is 1.71 bits per heavy atom. The van der Waals surface area contributed by atoms with E-state index < -0.39 is 0 Å². The van der Waals surface area contributed by atoms with Crippen LogP contribution < -0.4 is 9.64 Å². The summed E-state index contributed by atoms with van der Waals surface area (Å²) in [5, 5.41) is 3.47. The van der Waals surface area contributed by atoms with Crippen LogP contribution in [0.5, 0.6) is 5.75 Å². The monoisotopic (exact) mass is 489 g/mol. The van der Waals surface area contributed by atoms with Gasteiger partial charge in [0.15, 0.2) is 0 Å². The van der Waals surface area contributed by atoms with Gasteiger partial charge in [0, 0.05) is 67.2 Å². The highest BCUT2D eigenvalue weighted by atomic mass is 32.1. The highest BCUT2D eigenvalue weighted by Gasteiger charge is 2.35. The topological polar surface area (TPSA) is 36.0 Å². The normalized spacial score (nSPS) is 22.6. The predicted octanol–water partition coefficient (Wildman–Crippen LogP) is 5.36. The van der Waals surface area contributed by atoms with E-state index in [0.29, 0.717) is 0 Å². The lowest BCUT2D eigenvalue weighted by molar-refractivity contribution is 0.0747. The molecule has 6 heteroatoms. The lowest BCUT2D eigenvalue weighted by atomic mass is 10.0. The minimum absolute atomic E-state index is 0.115. The number of carbonyl (C=O) groups excluding carboxylic acids is 1. The Bertz CT molecular complexity index is 1140. The minimum Gasteiger partial charge on any atom is -0.494 e. The maximum atomic E-state index is 13.1. The molecule has 3 heterocycles. The van der Waals surface area contributed by atoms with Gasteiger partial charge in [0.25, 0.3) is 5.91 Å². The third-order valence-corrected chi connectivity index (χ3v) is 9.05. The molecule has 2 aliphatic heterocycles. The molecule has 3 aromatic rings. The van der Waals surface area contributed by atoms with E-state index in [0.717, 1.165) is 68.9 Å². The molecule has 2 unspecified atom stereocenters. The zero-order valence-corrected chi connectivity index (χ0v) is 21.2. The number of carbonyl (C=O) groups is 1. The van der Waals surface area contributed by atoms with Crippen molar-refractivity contribution < 1.29 is 9.53 Å². The van der Waals surface area contributed by atoms with Crippen LogP contribution >= 0.6 is 11.3 Å². The summed E-state index contributed by atoms with van der Waals surface area (Å²) in [6, 6.07) is 16.4. The van der Waals surface area contributed by atoms with Crippen LogP contribution in [0.2, 0.25) is 0 Å². The van der Waals surface area contributed by atoms with Crippen LogP contribution in [0.15, 0.2) is 53.9 Å². The average Bonchev–Trinajstić information content (AvgIpc) is 3.63. The van der Waals surface area contributed by atoms with Crippen molar-refractivity contribution in [2.45, 2.75) is 25.7 Å². The average molecular weight is 490 g/mol. The highest BCUT2D eigenvalue weighted by Crippen LogP contribution is 2.37. The van der Waals surface area contributed by atoms with Crippen LogP contribution in [-0.2, 0) is 0 Å². The summed E-state index contributed by atoms with van der Waals surface area (Å²) in [4.78, 5) is 20.1. The number of thiophene rings is 1. The van der Waals surface area contributed by atoms with Crippen LogP contribution in [0.25, 0.3) is 10.1 Å². The van der Waals surface area contributed by atoms with Gasteiger partial charge in [-0.1, -0.05) is 12.5 Å². The molecule has 5 nitrogen and oxygen atoms in total. The molecule has 184 valence electrons. The summed E-state index contributed by atoms with van der Waals surface area (Å²) in [7, 11) is 0. The van der Waals surface area contributed by atoms with Crippen molar-refractivity contribution in [2.24, 2.45) is 11.8 Å². The van der Waals surface area contributed by atoms with Crippen molar-refractivity contribution in [1.82, 2.24) is 9.80 Å². The van der Waals surface area contributed by atoms with Gasteiger partial charge in [0.1, 0.15) is 5.75 Å². The molecule has 2 aromatic carbocycles. The van der Waals surface area contributed by atoms with E-state index in [4.69, 9.17) is 4.74 Å². The van der Waals surface area contributed by atoms with E-state index in [1.807, 2.05) is 29.2 Å². The van der Waals surface area contributed by atoms with E-state index in [1.165, 1.54) is 48.1 Å². The van der Waals surface area contributed by atoms with Crippen LogP contribution in [0, 0.1) is 11.8 Å². The number of hydrogen-bond donors (Lipinski definition) is 0. The molecule has 1 aromatic heterocycles. The highest BCUT2D eigenvalue weighted by molar-refractivity contribution is 7.17. The van der Waals surface area contributed by atoms with E-state index in [1.54, 1.807) is 11.3 Å². The molecule has 2 saturated heterocycles. The molecule has 0 N–H and O–H groups in total. The van der Waals surface area contributed by atoms with Crippen LogP contribution in [0.3, 0.4) is 0 Å². The van der Waals surface area contributed by atoms with Crippen molar-refractivity contribution in [3.8, 4) is 5.75 Å². The first-order valence-electron chi connectivity index (χ1n) is 13.2. The predicted molar refractivity (Wildman–Crippen MR) is 144 cm³/mol. The molecule has 35 heavy (non-hydrogen) atoms. The zero-order valence-electron chi connectivity index (χ0n) is 20.4. The number of nitrogens with zero attached hydrogens (tertiary/aromatic N) is 3. The van der Waals surface area contributed by atoms with Crippen molar-refractivity contribution >= 4 is 33.0 Å². The smallest absolute Gasteiger partial charge is 0.253 e. The van der Waals surface area contributed by atoms with Crippen LogP contribution in [-0.4, -0.2) is 68.1 Å². The molecule has 0 bridgehead atoms. The Morgan fingerprint density at radius 3 is 2.49 bits per heavy atom. The van der Waals surface area contributed by atoms with Gasteiger partial charge in [-0.15, -0.1) is 11.3 Å². The Kier molecular flexibility index (Phi) is 6.66. The fourth-order valence-electron chi connectivity index (χ4n) is 6.27. The molecular formula is C29H35N3O2S. The fraction of sp³-hybridized carbons (Fsp3) is 0.483. The summed E-state index contributed by atoms with van der Waals surface area (Å²) < 4.78 is 7.30. The molecule has 3 aliphatic rings. The van der Waals surface area contributed by atoms with E-state index in [9.17, 15) is 4.79 Å². The molecule has 6 rings (SSSR count). The number of amides is 1. The third-order valence-electron chi connectivity index (χ3n) is 8.17. The molecule has 0 radical (unpaired) electrons. The Balaban J connectivity index is 0.959. The Hall–Kier alpha value is -2.57. The van der Waals surface area contributed by atoms with Gasteiger partial charge in [-0.2, -0.15) is 0 Å². The molecule has 3 fully saturated rings. The number of ether oxygens (including phenoxy) is 1. The van der Waals surface area contributed by atoms with E-state index >= 15 is 0 Å². The van der Waals surface area contributed by atoms with E-state index in [2.05, 4.69) is 39.4 Å². The maximum Gasteiger partial charge on any atom is 0.253 e. The molecular weight excluding hydrogens is 454 g/mol. The largest absolute Gasteiger partial charge is 0.494 e. The molecule has 2 atom stereocenters. The molecule has 1 amide bonds. The number of hydrogen-bond acceptors (Lipinski definition) is 5. The second-order valence-electron chi connectivity index (χ2n) is 10.3. The summed E-state index contributed by atoms with van der Waals surface area (Å²) in [5.74, 6) is 2.89. The first kappa shape index (κ1) is 22.9. The number of likely N-dealkylation sites (tertiary alicyclic amines) is 1. The first-order chi connectivity index (χ1) is 17.2. The Morgan fingerprint density at radius 1 is 0.943 bits per heavy atom. The van der Waals surface area contributed by atoms with Crippen molar-refractivity contribution in [3.05, 3.63) is 59.5 Å². The van der Waals surface area contributed by atoms with E-state index in [-0.39, 0.29) is 5.91 Å². The number of rotatable bonds is 7. The van der Waals surface area contributed by atoms with Crippen LogP contribution in [0.4, 0.5) is 5.69 Å². The molecule has 1 saturated carbocycles. The second-order valence-corrected chi connectivity index (χ2v) is 11.3. The summed E-state index contributed by atoms with van der Waals surface area (Å²) in [6.45, 7) is 7.67. The zero-order chi connectivity index (χ0) is 23.6. The summed E-state index contributed by atoms with van der Waals surface area (Å²) >= 11 is 1.78. The van der Waals surface area contributed by atoms with Crippen molar-refractivity contribution in [3.63, 3.8) is 0 Å². The second kappa shape index (κ2) is 10.2. The van der Waals surface area contributed by atoms with Gasteiger partial charge in [-0.3, -0.25) is 4.79 Å². The molecule has 1 aliphatic carbocycles. The maximum absolute atomic E-state index is 13.1. The number of anilines is 1. The lowest BCUT2D eigenvalue weighted by Crippen LogP contribution is -2.48. The van der Waals surface area contributed by atoms with Gasteiger partial charge in [-0.25, -0.2) is 0 Å². The SMILES string of the molecule is O=C(c1ccc(OCCCN2CC3CCCC3C2)cc1)N1CCN(c2cccc3sccc23)CC1. The van der Waals surface area contributed by atoms with Gasteiger partial charge in [0.2, 0.25) is 0 Å². The quantitative estimate of drug-likeness (QED) is 0.419. The van der Waals surface area contributed by atoms with Crippen molar-refractivity contribution in [2.75, 3.05) is 57.3 Å². The van der Waals surface area contributed by atoms with Gasteiger partial charge in [0.05, 0.1) is 6.61 Å². The fourth-order valence-corrected chi connectivity index (χ4v) is 7.08. The lowest BCUT2D eigenvalue weighted by Gasteiger charge is -2.36. The summed E-state index contributed by atoms with van der Waals surface area (Å²) in [6.07, 6.45) is 5.37. The molecule has 0 spiro atoms. The summed E-state index contributed by atoms with van der Waals surface area (Å²) in [5.41, 5.74) is 2.03.